The standard InChI is InChI=1S/C16H20N2O3.ClH/c1-11-9-18(7-6-17-11)16(19)13-8-12-4-3-5-14(20-2)15(12)21-10-13;/h3-5,8,11,17H,6-7,9-10H2,1-2H3;1H. The number of benzene rings is 1. The Morgan fingerprint density at radius 2 is 2.27 bits per heavy atom. The zero-order valence-electron chi connectivity index (χ0n) is 12.8. The van der Waals surface area contributed by atoms with Crippen molar-refractivity contribution in [2.45, 2.75) is 13.0 Å². The zero-order valence-corrected chi connectivity index (χ0v) is 13.6. The fraction of sp³-hybridized carbons (Fsp3) is 0.438. The van der Waals surface area contributed by atoms with Crippen molar-refractivity contribution < 1.29 is 14.3 Å². The van der Waals surface area contributed by atoms with Crippen molar-refractivity contribution in [1.82, 2.24) is 10.2 Å². The molecule has 1 amide bonds. The fourth-order valence-electron chi connectivity index (χ4n) is 2.78. The van der Waals surface area contributed by atoms with Gasteiger partial charge in [0.1, 0.15) is 6.61 Å². The third kappa shape index (κ3) is 3.20. The van der Waals surface area contributed by atoms with E-state index in [9.17, 15) is 4.79 Å². The third-order valence-electron chi connectivity index (χ3n) is 3.86. The number of hydrogen-bond acceptors (Lipinski definition) is 4. The van der Waals surface area contributed by atoms with E-state index in [1.54, 1.807) is 7.11 Å². The van der Waals surface area contributed by atoms with E-state index in [-0.39, 0.29) is 18.3 Å². The molecule has 2 aliphatic heterocycles. The molecule has 1 N–H and O–H groups in total. The summed E-state index contributed by atoms with van der Waals surface area (Å²) in [6, 6.07) is 6.03. The number of piperazine rings is 1. The van der Waals surface area contributed by atoms with Gasteiger partial charge in [-0.3, -0.25) is 4.79 Å². The number of para-hydroxylation sites is 1. The summed E-state index contributed by atoms with van der Waals surface area (Å²) >= 11 is 0. The van der Waals surface area contributed by atoms with Gasteiger partial charge >= 0.3 is 0 Å². The molecule has 1 fully saturated rings. The van der Waals surface area contributed by atoms with Crippen LogP contribution in [-0.4, -0.2) is 50.2 Å². The number of fused-ring (bicyclic) bond motifs is 1. The van der Waals surface area contributed by atoms with Gasteiger partial charge in [-0.05, 0) is 19.1 Å². The molecular weight excluding hydrogens is 304 g/mol. The lowest BCUT2D eigenvalue weighted by atomic mass is 10.1. The molecule has 0 bridgehead atoms. The minimum Gasteiger partial charge on any atom is -0.493 e. The lowest BCUT2D eigenvalue weighted by molar-refractivity contribution is -0.128. The molecule has 3 rings (SSSR count). The first-order chi connectivity index (χ1) is 10.2. The minimum absolute atomic E-state index is 0. The van der Waals surface area contributed by atoms with E-state index in [0.717, 1.165) is 25.2 Å². The molecular formula is C16H21ClN2O3. The van der Waals surface area contributed by atoms with Gasteiger partial charge in [-0.2, -0.15) is 0 Å². The quantitative estimate of drug-likeness (QED) is 0.900. The summed E-state index contributed by atoms with van der Waals surface area (Å²) in [5.74, 6) is 1.48. The molecule has 120 valence electrons. The monoisotopic (exact) mass is 324 g/mol. The van der Waals surface area contributed by atoms with Crippen LogP contribution >= 0.6 is 12.4 Å². The Balaban J connectivity index is 0.00000176. The van der Waals surface area contributed by atoms with E-state index in [1.165, 1.54) is 0 Å². The molecule has 1 atom stereocenters. The van der Waals surface area contributed by atoms with Crippen molar-refractivity contribution in [3.05, 3.63) is 29.3 Å². The average molecular weight is 325 g/mol. The highest BCUT2D eigenvalue weighted by atomic mass is 35.5. The van der Waals surface area contributed by atoms with Gasteiger partial charge in [0.05, 0.1) is 12.7 Å². The predicted molar refractivity (Wildman–Crippen MR) is 87.8 cm³/mol. The molecule has 0 spiro atoms. The fourth-order valence-corrected chi connectivity index (χ4v) is 2.78. The van der Waals surface area contributed by atoms with Crippen LogP contribution in [0.3, 0.4) is 0 Å². The molecule has 2 aliphatic rings. The second-order valence-corrected chi connectivity index (χ2v) is 5.44. The minimum atomic E-state index is 0. The van der Waals surface area contributed by atoms with Crippen molar-refractivity contribution in [3.63, 3.8) is 0 Å². The summed E-state index contributed by atoms with van der Waals surface area (Å²) in [4.78, 5) is 14.5. The van der Waals surface area contributed by atoms with E-state index >= 15 is 0 Å². The first-order valence-corrected chi connectivity index (χ1v) is 7.22. The molecule has 1 saturated heterocycles. The SMILES string of the molecule is COc1cccc2c1OCC(C(=O)N1CCNC(C)C1)=C2.Cl. The summed E-state index contributed by atoms with van der Waals surface area (Å²) in [5.41, 5.74) is 1.59. The largest absolute Gasteiger partial charge is 0.493 e. The van der Waals surface area contributed by atoms with Crippen LogP contribution in [0.15, 0.2) is 23.8 Å². The van der Waals surface area contributed by atoms with Crippen LogP contribution in [0.4, 0.5) is 0 Å². The Bertz CT molecular complexity index is 589. The number of methoxy groups -OCH3 is 1. The number of carbonyl (C=O) groups is 1. The highest BCUT2D eigenvalue weighted by Gasteiger charge is 2.26. The van der Waals surface area contributed by atoms with Crippen LogP contribution in [0.1, 0.15) is 12.5 Å². The number of nitrogens with one attached hydrogen (secondary N) is 1. The second-order valence-electron chi connectivity index (χ2n) is 5.44. The number of nitrogens with zero attached hydrogens (tertiary/aromatic N) is 1. The highest BCUT2D eigenvalue weighted by molar-refractivity contribution is 5.99. The van der Waals surface area contributed by atoms with Crippen molar-refractivity contribution >= 4 is 24.4 Å². The molecule has 0 aliphatic carbocycles. The summed E-state index contributed by atoms with van der Waals surface area (Å²) < 4.78 is 11.0. The van der Waals surface area contributed by atoms with Gasteiger partial charge in [0.25, 0.3) is 5.91 Å². The van der Waals surface area contributed by atoms with Gasteiger partial charge in [0, 0.05) is 31.2 Å². The van der Waals surface area contributed by atoms with E-state index in [1.807, 2.05) is 29.2 Å². The Hall–Kier alpha value is -1.72. The van der Waals surface area contributed by atoms with E-state index in [2.05, 4.69) is 12.2 Å². The highest BCUT2D eigenvalue weighted by Crippen LogP contribution is 2.35. The van der Waals surface area contributed by atoms with Crippen LogP contribution < -0.4 is 14.8 Å². The number of rotatable bonds is 2. The predicted octanol–water partition coefficient (Wildman–Crippen LogP) is 1.71. The summed E-state index contributed by atoms with van der Waals surface area (Å²) in [6.07, 6.45) is 1.91. The lowest BCUT2D eigenvalue weighted by Crippen LogP contribution is -2.52. The maximum absolute atomic E-state index is 12.6. The van der Waals surface area contributed by atoms with Crippen molar-refractivity contribution in [1.29, 1.82) is 0 Å². The van der Waals surface area contributed by atoms with Crippen LogP contribution in [0, 0.1) is 0 Å². The van der Waals surface area contributed by atoms with Gasteiger partial charge in [-0.25, -0.2) is 0 Å². The van der Waals surface area contributed by atoms with Crippen LogP contribution in [0.25, 0.3) is 6.08 Å². The molecule has 0 saturated carbocycles. The molecule has 22 heavy (non-hydrogen) atoms. The molecule has 2 heterocycles. The summed E-state index contributed by atoms with van der Waals surface area (Å²) in [6.45, 7) is 4.70. The van der Waals surface area contributed by atoms with E-state index in [0.29, 0.717) is 29.7 Å². The van der Waals surface area contributed by atoms with Gasteiger partial charge in [-0.15, -0.1) is 12.4 Å². The third-order valence-corrected chi connectivity index (χ3v) is 3.86. The van der Waals surface area contributed by atoms with Crippen LogP contribution in [-0.2, 0) is 4.79 Å². The zero-order chi connectivity index (χ0) is 14.8. The average Bonchev–Trinajstić information content (AvgIpc) is 2.53. The van der Waals surface area contributed by atoms with Gasteiger partial charge in [-0.1, -0.05) is 12.1 Å². The lowest BCUT2D eigenvalue weighted by Gasteiger charge is -2.33. The normalized spacial score (nSPS) is 20.2. The molecule has 1 unspecified atom stereocenters. The van der Waals surface area contributed by atoms with Crippen molar-refractivity contribution in [2.75, 3.05) is 33.4 Å². The number of carbonyl (C=O) groups excluding carboxylic acids is 1. The first kappa shape index (κ1) is 16.6. The Kier molecular flexibility index (Phi) is 5.32. The van der Waals surface area contributed by atoms with Crippen molar-refractivity contribution in [2.24, 2.45) is 0 Å². The summed E-state index contributed by atoms with van der Waals surface area (Å²) in [5, 5.41) is 3.34. The molecule has 0 aromatic heterocycles. The Labute approximate surface area is 136 Å². The molecule has 6 heteroatoms. The van der Waals surface area contributed by atoms with Crippen LogP contribution in [0.5, 0.6) is 11.5 Å². The maximum atomic E-state index is 12.6. The number of amides is 1. The Morgan fingerprint density at radius 1 is 1.45 bits per heavy atom. The smallest absolute Gasteiger partial charge is 0.253 e. The van der Waals surface area contributed by atoms with Gasteiger partial charge < -0.3 is 19.7 Å². The van der Waals surface area contributed by atoms with Crippen molar-refractivity contribution in [3.8, 4) is 11.5 Å². The molecule has 0 radical (unpaired) electrons. The Morgan fingerprint density at radius 3 is 3.00 bits per heavy atom. The topological polar surface area (TPSA) is 50.8 Å². The van der Waals surface area contributed by atoms with Crippen LogP contribution in [0.2, 0.25) is 0 Å². The molecule has 5 nitrogen and oxygen atoms in total. The summed E-state index contributed by atoms with van der Waals surface area (Å²) in [7, 11) is 1.62. The molecule has 1 aromatic carbocycles. The number of ether oxygens (including phenoxy) is 2. The number of halogens is 1. The van der Waals surface area contributed by atoms with Gasteiger partial charge in [0.15, 0.2) is 11.5 Å². The van der Waals surface area contributed by atoms with E-state index < -0.39 is 0 Å². The first-order valence-electron chi connectivity index (χ1n) is 7.22. The second kappa shape index (κ2) is 7.03. The number of hydrogen-bond donors (Lipinski definition) is 1. The van der Waals surface area contributed by atoms with E-state index in [4.69, 9.17) is 9.47 Å². The molecule has 1 aromatic rings. The maximum Gasteiger partial charge on any atom is 0.253 e. The van der Waals surface area contributed by atoms with Gasteiger partial charge in [0.2, 0.25) is 0 Å².